The maximum Gasteiger partial charge on any atom is 0.161 e. The minimum atomic E-state index is 0.773. The molecule has 1 fully saturated rings. The molecular formula is C17H22N4O. The molecule has 3 rings (SSSR count). The maximum atomic E-state index is 5.36. The van der Waals surface area contributed by atoms with Crippen LogP contribution < -0.4 is 5.32 Å². The summed E-state index contributed by atoms with van der Waals surface area (Å²) in [6, 6.07) is 12.1. The van der Waals surface area contributed by atoms with Gasteiger partial charge in [-0.2, -0.15) is 0 Å². The average molecular weight is 298 g/mol. The van der Waals surface area contributed by atoms with Crippen LogP contribution in [0, 0.1) is 6.92 Å². The topological polar surface area (TPSA) is 50.3 Å². The van der Waals surface area contributed by atoms with Gasteiger partial charge in [0.1, 0.15) is 5.82 Å². The largest absolute Gasteiger partial charge is 0.379 e. The van der Waals surface area contributed by atoms with Gasteiger partial charge < -0.3 is 10.1 Å². The number of benzene rings is 1. The SMILES string of the molecule is Cc1cc(NCCN2CCOCC2)nc(-c2ccccc2)n1. The molecule has 2 heterocycles. The fourth-order valence-corrected chi connectivity index (χ4v) is 2.54. The number of hydrogen-bond acceptors (Lipinski definition) is 5. The van der Waals surface area contributed by atoms with Crippen molar-refractivity contribution in [3.05, 3.63) is 42.1 Å². The lowest BCUT2D eigenvalue weighted by atomic mass is 10.2. The first kappa shape index (κ1) is 14.9. The number of rotatable bonds is 5. The van der Waals surface area contributed by atoms with Crippen molar-refractivity contribution >= 4 is 5.82 Å². The van der Waals surface area contributed by atoms with Crippen molar-refractivity contribution in [3.8, 4) is 11.4 Å². The molecule has 5 heteroatoms. The third kappa shape index (κ3) is 4.02. The van der Waals surface area contributed by atoms with Gasteiger partial charge in [0.05, 0.1) is 13.2 Å². The van der Waals surface area contributed by atoms with Crippen molar-refractivity contribution in [2.24, 2.45) is 0 Å². The van der Waals surface area contributed by atoms with Gasteiger partial charge in [-0.1, -0.05) is 30.3 Å². The zero-order chi connectivity index (χ0) is 15.2. The molecule has 0 atom stereocenters. The summed E-state index contributed by atoms with van der Waals surface area (Å²) >= 11 is 0. The Labute approximate surface area is 131 Å². The lowest BCUT2D eigenvalue weighted by Gasteiger charge is -2.26. The van der Waals surface area contributed by atoms with Crippen LogP contribution >= 0.6 is 0 Å². The monoisotopic (exact) mass is 298 g/mol. The van der Waals surface area contributed by atoms with E-state index in [1.807, 2.05) is 43.3 Å². The highest BCUT2D eigenvalue weighted by Gasteiger charge is 2.10. The second kappa shape index (κ2) is 7.33. The minimum Gasteiger partial charge on any atom is -0.379 e. The number of aryl methyl sites for hydroxylation is 1. The molecule has 1 saturated heterocycles. The third-order valence-electron chi connectivity index (χ3n) is 3.72. The molecule has 0 radical (unpaired) electrons. The minimum absolute atomic E-state index is 0.773. The summed E-state index contributed by atoms with van der Waals surface area (Å²) in [5.41, 5.74) is 2.02. The van der Waals surface area contributed by atoms with E-state index >= 15 is 0 Å². The van der Waals surface area contributed by atoms with Crippen LogP contribution in [0.3, 0.4) is 0 Å². The van der Waals surface area contributed by atoms with Crippen LogP contribution in [0.4, 0.5) is 5.82 Å². The van der Waals surface area contributed by atoms with Crippen molar-refractivity contribution in [2.75, 3.05) is 44.7 Å². The van der Waals surface area contributed by atoms with Crippen LogP contribution in [0.2, 0.25) is 0 Å². The maximum absolute atomic E-state index is 5.36. The van der Waals surface area contributed by atoms with E-state index in [1.165, 1.54) is 0 Å². The van der Waals surface area contributed by atoms with Crippen LogP contribution in [-0.2, 0) is 4.74 Å². The summed E-state index contributed by atoms with van der Waals surface area (Å²) in [6.45, 7) is 7.59. The van der Waals surface area contributed by atoms with Crippen molar-refractivity contribution in [2.45, 2.75) is 6.92 Å². The molecule has 2 aromatic rings. The molecule has 1 aliphatic heterocycles. The summed E-state index contributed by atoms with van der Waals surface area (Å²) in [4.78, 5) is 11.6. The molecule has 0 aliphatic carbocycles. The molecule has 116 valence electrons. The Morgan fingerprint density at radius 1 is 1.14 bits per heavy atom. The Hall–Kier alpha value is -1.98. The van der Waals surface area contributed by atoms with E-state index in [4.69, 9.17) is 4.74 Å². The van der Waals surface area contributed by atoms with Crippen molar-refractivity contribution in [1.82, 2.24) is 14.9 Å². The van der Waals surface area contributed by atoms with Gasteiger partial charge in [0.25, 0.3) is 0 Å². The fraction of sp³-hybridized carbons (Fsp3) is 0.412. The highest BCUT2D eigenvalue weighted by Crippen LogP contribution is 2.17. The molecule has 1 aromatic carbocycles. The molecule has 1 N–H and O–H groups in total. The van der Waals surface area contributed by atoms with Gasteiger partial charge in [0.2, 0.25) is 0 Å². The lowest BCUT2D eigenvalue weighted by Crippen LogP contribution is -2.39. The second-order valence-corrected chi connectivity index (χ2v) is 5.46. The van der Waals surface area contributed by atoms with Crippen LogP contribution in [0.5, 0.6) is 0 Å². The van der Waals surface area contributed by atoms with E-state index in [1.54, 1.807) is 0 Å². The smallest absolute Gasteiger partial charge is 0.161 e. The molecule has 0 saturated carbocycles. The predicted octanol–water partition coefficient (Wildman–Crippen LogP) is 2.20. The Balaban J connectivity index is 1.62. The van der Waals surface area contributed by atoms with Crippen LogP contribution in [0.1, 0.15) is 5.69 Å². The van der Waals surface area contributed by atoms with E-state index in [9.17, 15) is 0 Å². The molecule has 0 spiro atoms. The zero-order valence-electron chi connectivity index (χ0n) is 13.0. The fourth-order valence-electron chi connectivity index (χ4n) is 2.54. The zero-order valence-corrected chi connectivity index (χ0v) is 13.0. The first-order chi connectivity index (χ1) is 10.8. The Bertz CT molecular complexity index is 597. The van der Waals surface area contributed by atoms with Gasteiger partial charge in [-0.15, -0.1) is 0 Å². The molecule has 22 heavy (non-hydrogen) atoms. The van der Waals surface area contributed by atoms with Crippen molar-refractivity contribution in [1.29, 1.82) is 0 Å². The summed E-state index contributed by atoms with van der Waals surface area (Å²) in [7, 11) is 0. The van der Waals surface area contributed by atoms with Gasteiger partial charge >= 0.3 is 0 Å². The Kier molecular flexibility index (Phi) is 4.98. The van der Waals surface area contributed by atoms with Gasteiger partial charge in [-0.05, 0) is 6.92 Å². The van der Waals surface area contributed by atoms with Gasteiger partial charge in [0, 0.05) is 43.5 Å². The van der Waals surface area contributed by atoms with Gasteiger partial charge in [0.15, 0.2) is 5.82 Å². The molecule has 0 amide bonds. The number of nitrogens with zero attached hydrogens (tertiary/aromatic N) is 3. The number of ether oxygens (including phenoxy) is 1. The number of hydrogen-bond donors (Lipinski definition) is 1. The summed E-state index contributed by atoms with van der Waals surface area (Å²) in [5.74, 6) is 1.66. The predicted molar refractivity (Wildman–Crippen MR) is 88.0 cm³/mol. The second-order valence-electron chi connectivity index (χ2n) is 5.46. The van der Waals surface area contributed by atoms with Gasteiger partial charge in [-0.3, -0.25) is 4.90 Å². The lowest BCUT2D eigenvalue weighted by molar-refractivity contribution is 0.0398. The molecule has 1 aliphatic rings. The van der Waals surface area contributed by atoms with Gasteiger partial charge in [-0.25, -0.2) is 9.97 Å². The highest BCUT2D eigenvalue weighted by atomic mass is 16.5. The van der Waals surface area contributed by atoms with Crippen molar-refractivity contribution in [3.63, 3.8) is 0 Å². The van der Waals surface area contributed by atoms with E-state index in [-0.39, 0.29) is 0 Å². The summed E-state index contributed by atoms with van der Waals surface area (Å²) < 4.78 is 5.36. The average Bonchev–Trinajstić information content (AvgIpc) is 2.56. The summed E-state index contributed by atoms with van der Waals surface area (Å²) in [6.07, 6.45) is 0. The van der Waals surface area contributed by atoms with E-state index in [0.29, 0.717) is 0 Å². The first-order valence-electron chi connectivity index (χ1n) is 7.76. The quantitative estimate of drug-likeness (QED) is 0.917. The number of anilines is 1. The number of morpholine rings is 1. The first-order valence-corrected chi connectivity index (χ1v) is 7.76. The Morgan fingerprint density at radius 2 is 1.91 bits per heavy atom. The van der Waals surface area contributed by atoms with E-state index < -0.39 is 0 Å². The van der Waals surface area contributed by atoms with Crippen LogP contribution in [0.15, 0.2) is 36.4 Å². The highest BCUT2D eigenvalue weighted by molar-refractivity contribution is 5.57. The van der Waals surface area contributed by atoms with Crippen LogP contribution in [-0.4, -0.2) is 54.3 Å². The number of aromatic nitrogens is 2. The van der Waals surface area contributed by atoms with Crippen molar-refractivity contribution < 1.29 is 4.74 Å². The molecular weight excluding hydrogens is 276 g/mol. The standard InChI is InChI=1S/C17H22N4O/c1-14-13-16(18-7-8-21-9-11-22-12-10-21)20-17(19-14)15-5-3-2-4-6-15/h2-6,13H,7-12H2,1H3,(H,18,19,20). The van der Waals surface area contributed by atoms with Crippen LogP contribution in [0.25, 0.3) is 11.4 Å². The summed E-state index contributed by atoms with van der Waals surface area (Å²) in [5, 5.41) is 3.41. The molecule has 0 bridgehead atoms. The molecule has 5 nitrogen and oxygen atoms in total. The third-order valence-corrected chi connectivity index (χ3v) is 3.72. The molecule has 0 unspecified atom stereocenters. The van der Waals surface area contributed by atoms with E-state index in [2.05, 4.69) is 20.2 Å². The molecule has 1 aromatic heterocycles. The van der Waals surface area contributed by atoms with E-state index in [0.717, 1.165) is 62.3 Å². The normalized spacial score (nSPS) is 15.7. The Morgan fingerprint density at radius 3 is 2.68 bits per heavy atom. The number of nitrogens with one attached hydrogen (secondary N) is 1.